The molecule has 0 aliphatic carbocycles. The fourth-order valence-corrected chi connectivity index (χ4v) is 2.59. The number of nitro benzene ring substituents is 1. The number of nitrogens with one attached hydrogen (secondary N) is 1. The Labute approximate surface area is 131 Å². The Kier molecular flexibility index (Phi) is 3.79. The van der Waals surface area contributed by atoms with Crippen LogP contribution >= 0.6 is 11.6 Å². The molecule has 2 aromatic carbocycles. The first kappa shape index (κ1) is 14.5. The van der Waals surface area contributed by atoms with Crippen LogP contribution in [0.15, 0.2) is 42.5 Å². The number of non-ortho nitro benzene ring substituents is 1. The summed E-state index contributed by atoms with van der Waals surface area (Å²) in [6.45, 7) is 0.520. The van der Waals surface area contributed by atoms with E-state index in [9.17, 15) is 14.9 Å². The SMILES string of the molecule is O=CC1NN(Cc2ccc(Cl)cc2)c2ccc([N+](=O)[O-])cc21. The van der Waals surface area contributed by atoms with Crippen LogP contribution in [0.3, 0.4) is 0 Å². The first-order chi connectivity index (χ1) is 10.6. The first-order valence-electron chi connectivity index (χ1n) is 6.60. The largest absolute Gasteiger partial charge is 0.303 e. The lowest BCUT2D eigenvalue weighted by atomic mass is 10.1. The third-order valence-corrected chi connectivity index (χ3v) is 3.78. The molecule has 2 aromatic rings. The number of carbonyl (C=O) groups is 1. The molecule has 112 valence electrons. The minimum atomic E-state index is -0.581. The van der Waals surface area contributed by atoms with Gasteiger partial charge in [-0.25, -0.2) is 5.43 Å². The first-order valence-corrected chi connectivity index (χ1v) is 6.98. The van der Waals surface area contributed by atoms with Gasteiger partial charge in [-0.3, -0.25) is 10.1 Å². The second-order valence-electron chi connectivity index (χ2n) is 4.96. The maximum atomic E-state index is 11.2. The summed E-state index contributed by atoms with van der Waals surface area (Å²) in [7, 11) is 0. The number of rotatable bonds is 4. The van der Waals surface area contributed by atoms with Gasteiger partial charge in [0, 0.05) is 22.7 Å². The van der Waals surface area contributed by atoms with Crippen molar-refractivity contribution >= 4 is 29.3 Å². The molecule has 1 atom stereocenters. The van der Waals surface area contributed by atoms with E-state index in [2.05, 4.69) is 5.43 Å². The molecule has 0 spiro atoms. The molecule has 6 nitrogen and oxygen atoms in total. The molecule has 0 amide bonds. The van der Waals surface area contributed by atoms with Crippen LogP contribution in [-0.2, 0) is 11.3 Å². The van der Waals surface area contributed by atoms with Gasteiger partial charge in [0.2, 0.25) is 0 Å². The van der Waals surface area contributed by atoms with Crippen molar-refractivity contribution in [3.63, 3.8) is 0 Å². The second kappa shape index (κ2) is 5.75. The summed E-state index contributed by atoms with van der Waals surface area (Å²) in [5, 5.41) is 13.3. The van der Waals surface area contributed by atoms with Crippen LogP contribution in [0.4, 0.5) is 11.4 Å². The molecule has 22 heavy (non-hydrogen) atoms. The Balaban J connectivity index is 1.91. The number of fused-ring (bicyclic) bond motifs is 1. The van der Waals surface area contributed by atoms with Gasteiger partial charge < -0.3 is 9.80 Å². The fourth-order valence-electron chi connectivity index (χ4n) is 2.46. The lowest BCUT2D eigenvalue weighted by Gasteiger charge is -2.20. The van der Waals surface area contributed by atoms with Crippen LogP contribution in [0.5, 0.6) is 0 Å². The average Bonchev–Trinajstić information content (AvgIpc) is 2.86. The number of aldehydes is 1. The third kappa shape index (κ3) is 2.66. The minimum Gasteiger partial charge on any atom is -0.303 e. The molecule has 1 aliphatic rings. The zero-order valence-electron chi connectivity index (χ0n) is 11.4. The van der Waals surface area contributed by atoms with Gasteiger partial charge in [0.05, 0.1) is 17.2 Å². The van der Waals surface area contributed by atoms with E-state index in [1.54, 1.807) is 23.2 Å². The highest BCUT2D eigenvalue weighted by molar-refractivity contribution is 6.30. The van der Waals surface area contributed by atoms with Crippen LogP contribution in [0.1, 0.15) is 17.2 Å². The Morgan fingerprint density at radius 1 is 1.27 bits per heavy atom. The van der Waals surface area contributed by atoms with Crippen molar-refractivity contribution in [2.45, 2.75) is 12.6 Å². The van der Waals surface area contributed by atoms with Gasteiger partial charge in [-0.05, 0) is 23.8 Å². The number of halogens is 1. The van der Waals surface area contributed by atoms with Crippen molar-refractivity contribution < 1.29 is 9.72 Å². The van der Waals surface area contributed by atoms with E-state index in [-0.39, 0.29) is 5.69 Å². The normalized spacial score (nSPS) is 16.4. The van der Waals surface area contributed by atoms with Crippen molar-refractivity contribution in [3.05, 3.63) is 68.7 Å². The third-order valence-electron chi connectivity index (χ3n) is 3.53. The van der Waals surface area contributed by atoms with E-state index >= 15 is 0 Å². The number of carbonyl (C=O) groups excluding carboxylic acids is 1. The van der Waals surface area contributed by atoms with Gasteiger partial charge in [-0.1, -0.05) is 23.7 Å². The van der Waals surface area contributed by atoms with Crippen LogP contribution in [-0.4, -0.2) is 11.2 Å². The molecule has 1 aliphatic heterocycles. The Morgan fingerprint density at radius 2 is 2.00 bits per heavy atom. The number of nitro groups is 1. The number of anilines is 1. The molecule has 1 N–H and O–H groups in total. The van der Waals surface area contributed by atoms with E-state index in [1.165, 1.54) is 12.1 Å². The summed E-state index contributed by atoms with van der Waals surface area (Å²) >= 11 is 5.86. The highest BCUT2D eigenvalue weighted by atomic mass is 35.5. The summed E-state index contributed by atoms with van der Waals surface area (Å²) in [4.78, 5) is 21.6. The standard InChI is InChI=1S/C15H12ClN3O3/c16-11-3-1-10(2-4-11)8-18-15-6-5-12(19(21)22)7-13(15)14(9-20)17-18/h1-7,9,14,17H,8H2. The van der Waals surface area contributed by atoms with Crippen LogP contribution in [0, 0.1) is 10.1 Å². The smallest absolute Gasteiger partial charge is 0.269 e. The molecule has 7 heteroatoms. The van der Waals surface area contributed by atoms with Crippen LogP contribution in [0.25, 0.3) is 0 Å². The van der Waals surface area contributed by atoms with Gasteiger partial charge in [0.15, 0.2) is 0 Å². The van der Waals surface area contributed by atoms with Crippen LogP contribution < -0.4 is 10.4 Å². The predicted octanol–water partition coefficient (Wildman–Crippen LogP) is 3.01. The number of hydrogen-bond donors (Lipinski definition) is 1. The Morgan fingerprint density at radius 3 is 2.64 bits per heavy atom. The van der Waals surface area contributed by atoms with E-state index in [1.807, 2.05) is 12.1 Å². The van der Waals surface area contributed by atoms with Crippen molar-refractivity contribution in [2.75, 3.05) is 5.01 Å². The molecule has 0 saturated heterocycles. The van der Waals surface area contributed by atoms with E-state index in [0.717, 1.165) is 17.5 Å². The number of hydrogen-bond acceptors (Lipinski definition) is 5. The molecular weight excluding hydrogens is 306 g/mol. The Bertz CT molecular complexity index is 733. The number of benzene rings is 2. The average molecular weight is 318 g/mol. The predicted molar refractivity (Wildman–Crippen MR) is 82.7 cm³/mol. The lowest BCUT2D eigenvalue weighted by molar-refractivity contribution is -0.384. The quantitative estimate of drug-likeness (QED) is 0.533. The summed E-state index contributed by atoms with van der Waals surface area (Å²) in [5.74, 6) is 0. The molecule has 0 saturated carbocycles. The number of nitrogens with zero attached hydrogens (tertiary/aromatic N) is 2. The van der Waals surface area contributed by atoms with Crippen molar-refractivity contribution in [3.8, 4) is 0 Å². The molecule has 0 radical (unpaired) electrons. The zero-order chi connectivity index (χ0) is 15.7. The summed E-state index contributed by atoms with van der Waals surface area (Å²) in [5.41, 5.74) is 5.40. The van der Waals surface area contributed by atoms with E-state index in [4.69, 9.17) is 11.6 Å². The van der Waals surface area contributed by atoms with E-state index < -0.39 is 11.0 Å². The van der Waals surface area contributed by atoms with E-state index in [0.29, 0.717) is 17.1 Å². The summed E-state index contributed by atoms with van der Waals surface area (Å²) in [6.07, 6.45) is 0.740. The summed E-state index contributed by atoms with van der Waals surface area (Å²) in [6, 6.07) is 11.3. The highest BCUT2D eigenvalue weighted by Gasteiger charge is 2.29. The molecule has 0 bridgehead atoms. The molecule has 0 aromatic heterocycles. The van der Waals surface area contributed by atoms with Crippen molar-refractivity contribution in [2.24, 2.45) is 0 Å². The van der Waals surface area contributed by atoms with Crippen LogP contribution in [0.2, 0.25) is 5.02 Å². The molecule has 1 heterocycles. The molecular formula is C15H12ClN3O3. The second-order valence-corrected chi connectivity index (χ2v) is 5.39. The minimum absolute atomic E-state index is 0.0271. The van der Waals surface area contributed by atoms with Gasteiger partial charge in [0.1, 0.15) is 12.3 Å². The van der Waals surface area contributed by atoms with Crippen molar-refractivity contribution in [1.29, 1.82) is 0 Å². The van der Waals surface area contributed by atoms with Gasteiger partial charge in [-0.15, -0.1) is 0 Å². The zero-order valence-corrected chi connectivity index (χ0v) is 12.2. The lowest BCUT2D eigenvalue weighted by Crippen LogP contribution is -2.34. The molecule has 3 rings (SSSR count). The topological polar surface area (TPSA) is 75.5 Å². The summed E-state index contributed by atoms with van der Waals surface area (Å²) < 4.78 is 0. The highest BCUT2D eigenvalue weighted by Crippen LogP contribution is 2.35. The number of hydrazine groups is 1. The molecule has 1 unspecified atom stereocenters. The van der Waals surface area contributed by atoms with Gasteiger partial charge in [-0.2, -0.15) is 0 Å². The maximum absolute atomic E-state index is 11.2. The Hall–Kier alpha value is -2.44. The maximum Gasteiger partial charge on any atom is 0.269 e. The van der Waals surface area contributed by atoms with Gasteiger partial charge >= 0.3 is 0 Å². The monoisotopic (exact) mass is 317 g/mol. The van der Waals surface area contributed by atoms with Crippen molar-refractivity contribution in [1.82, 2.24) is 5.43 Å². The fraction of sp³-hybridized carbons (Fsp3) is 0.133. The van der Waals surface area contributed by atoms with Gasteiger partial charge in [0.25, 0.3) is 5.69 Å². The molecule has 0 fully saturated rings.